The monoisotopic (exact) mass is 300 g/mol. The third-order valence-corrected chi connectivity index (χ3v) is 3.55. The van der Waals surface area contributed by atoms with E-state index < -0.39 is 0 Å². The third-order valence-electron chi connectivity index (χ3n) is 3.06. The van der Waals surface area contributed by atoms with Crippen LogP contribution in [0.5, 0.6) is 5.75 Å². The first-order valence-electron chi connectivity index (χ1n) is 5.72. The van der Waals surface area contributed by atoms with Gasteiger partial charge in [-0.3, -0.25) is 4.90 Å². The number of aromatic hydroxyl groups is 1. The Kier molecular flexibility index (Phi) is 4.39. The van der Waals surface area contributed by atoms with E-state index in [0.717, 1.165) is 36.3 Å². The number of phenolic OH excluding ortho intramolecular Hbond substituents is 1. The molecule has 1 aliphatic rings. The molecule has 0 aliphatic carbocycles. The van der Waals surface area contributed by atoms with Crippen LogP contribution in [0.4, 0.5) is 0 Å². The number of hydrogen-bond donors (Lipinski definition) is 2. The lowest BCUT2D eigenvalue weighted by molar-refractivity contribution is 0.0174. The number of phenols is 1. The number of rotatable bonds is 3. The van der Waals surface area contributed by atoms with Crippen molar-refractivity contribution in [2.24, 2.45) is 5.73 Å². The summed E-state index contributed by atoms with van der Waals surface area (Å²) in [5.41, 5.74) is 6.72. The molecule has 2 rings (SSSR count). The lowest BCUT2D eigenvalue weighted by Crippen LogP contribution is -2.41. The second-order valence-electron chi connectivity index (χ2n) is 4.10. The number of benzene rings is 1. The van der Waals surface area contributed by atoms with Crippen molar-refractivity contribution in [2.45, 2.75) is 6.04 Å². The highest BCUT2D eigenvalue weighted by Crippen LogP contribution is 2.31. The summed E-state index contributed by atoms with van der Waals surface area (Å²) in [7, 11) is 0. The molecule has 1 aromatic carbocycles. The van der Waals surface area contributed by atoms with Gasteiger partial charge < -0.3 is 15.6 Å². The average molecular weight is 301 g/mol. The zero-order chi connectivity index (χ0) is 12.3. The highest BCUT2D eigenvalue weighted by atomic mass is 79.9. The Morgan fingerprint density at radius 3 is 2.76 bits per heavy atom. The SMILES string of the molecule is NCC(c1cc(Br)ccc1O)N1CCOCC1. The van der Waals surface area contributed by atoms with E-state index in [0.29, 0.717) is 12.3 Å². The molecule has 1 atom stereocenters. The van der Waals surface area contributed by atoms with Gasteiger partial charge in [0.05, 0.1) is 19.3 Å². The number of ether oxygens (including phenoxy) is 1. The first kappa shape index (κ1) is 12.8. The number of nitrogens with two attached hydrogens (primary N) is 1. The third kappa shape index (κ3) is 2.98. The van der Waals surface area contributed by atoms with E-state index in [-0.39, 0.29) is 6.04 Å². The zero-order valence-corrected chi connectivity index (χ0v) is 11.2. The predicted molar refractivity (Wildman–Crippen MR) is 70.0 cm³/mol. The van der Waals surface area contributed by atoms with Crippen molar-refractivity contribution in [3.05, 3.63) is 28.2 Å². The lowest BCUT2D eigenvalue weighted by Gasteiger charge is -2.34. The molecule has 0 aromatic heterocycles. The molecule has 1 aromatic rings. The van der Waals surface area contributed by atoms with Crippen LogP contribution in [-0.2, 0) is 4.74 Å². The average Bonchev–Trinajstić information content (AvgIpc) is 2.36. The Labute approximate surface area is 109 Å². The van der Waals surface area contributed by atoms with E-state index in [9.17, 15) is 5.11 Å². The fraction of sp³-hybridized carbons (Fsp3) is 0.500. The Bertz CT molecular complexity index is 381. The molecule has 3 N–H and O–H groups in total. The minimum atomic E-state index is 0.0522. The fourth-order valence-corrected chi connectivity index (χ4v) is 2.53. The molecule has 94 valence electrons. The van der Waals surface area contributed by atoms with Crippen molar-refractivity contribution < 1.29 is 9.84 Å². The van der Waals surface area contributed by atoms with Crippen molar-refractivity contribution in [1.82, 2.24) is 4.90 Å². The number of nitrogens with zero attached hydrogens (tertiary/aromatic N) is 1. The molecule has 0 radical (unpaired) electrons. The smallest absolute Gasteiger partial charge is 0.120 e. The van der Waals surface area contributed by atoms with E-state index in [4.69, 9.17) is 10.5 Å². The highest BCUT2D eigenvalue weighted by Gasteiger charge is 2.23. The summed E-state index contributed by atoms with van der Waals surface area (Å²) in [6.45, 7) is 3.65. The Morgan fingerprint density at radius 2 is 2.12 bits per heavy atom. The van der Waals surface area contributed by atoms with E-state index in [1.165, 1.54) is 0 Å². The zero-order valence-electron chi connectivity index (χ0n) is 9.60. The molecule has 17 heavy (non-hydrogen) atoms. The molecule has 1 unspecified atom stereocenters. The van der Waals surface area contributed by atoms with Crippen LogP contribution in [0.2, 0.25) is 0 Å². The van der Waals surface area contributed by atoms with Gasteiger partial charge in [-0.1, -0.05) is 15.9 Å². The van der Waals surface area contributed by atoms with Gasteiger partial charge in [0.1, 0.15) is 5.75 Å². The number of morpholine rings is 1. The Hall–Kier alpha value is -0.620. The molecule has 5 heteroatoms. The maximum Gasteiger partial charge on any atom is 0.120 e. The van der Waals surface area contributed by atoms with Crippen molar-refractivity contribution in [3.8, 4) is 5.75 Å². The molecule has 1 fully saturated rings. The van der Waals surface area contributed by atoms with Gasteiger partial charge in [-0.25, -0.2) is 0 Å². The summed E-state index contributed by atoms with van der Waals surface area (Å²) in [6.07, 6.45) is 0. The van der Waals surface area contributed by atoms with Gasteiger partial charge in [-0.15, -0.1) is 0 Å². The second kappa shape index (κ2) is 5.82. The van der Waals surface area contributed by atoms with Crippen LogP contribution in [0.3, 0.4) is 0 Å². The molecular formula is C12H17BrN2O2. The molecule has 1 saturated heterocycles. The van der Waals surface area contributed by atoms with Crippen molar-refractivity contribution >= 4 is 15.9 Å². The first-order chi connectivity index (χ1) is 8.22. The van der Waals surface area contributed by atoms with E-state index in [1.807, 2.05) is 12.1 Å². The standard InChI is InChI=1S/C12H17BrN2O2/c13-9-1-2-12(16)10(7-9)11(8-14)15-3-5-17-6-4-15/h1-2,7,11,16H,3-6,8,14H2. The summed E-state index contributed by atoms with van der Waals surface area (Å²) < 4.78 is 6.29. The van der Waals surface area contributed by atoms with Gasteiger partial charge in [0, 0.05) is 29.7 Å². The van der Waals surface area contributed by atoms with E-state index >= 15 is 0 Å². The number of hydrogen-bond acceptors (Lipinski definition) is 4. The minimum absolute atomic E-state index is 0.0522. The number of halogens is 1. The maximum absolute atomic E-state index is 9.93. The van der Waals surface area contributed by atoms with Crippen molar-refractivity contribution in [3.63, 3.8) is 0 Å². The van der Waals surface area contributed by atoms with Crippen LogP contribution in [0.1, 0.15) is 11.6 Å². The summed E-state index contributed by atoms with van der Waals surface area (Å²) >= 11 is 3.42. The maximum atomic E-state index is 9.93. The summed E-state index contributed by atoms with van der Waals surface area (Å²) in [4.78, 5) is 2.25. The quantitative estimate of drug-likeness (QED) is 0.888. The molecule has 0 spiro atoms. The molecular weight excluding hydrogens is 284 g/mol. The fourth-order valence-electron chi connectivity index (χ4n) is 2.15. The molecule has 0 saturated carbocycles. The summed E-state index contributed by atoms with van der Waals surface area (Å²) in [6, 6.07) is 5.51. The van der Waals surface area contributed by atoms with Crippen LogP contribution < -0.4 is 5.73 Å². The van der Waals surface area contributed by atoms with Crippen molar-refractivity contribution in [1.29, 1.82) is 0 Å². The lowest BCUT2D eigenvalue weighted by atomic mass is 10.0. The van der Waals surface area contributed by atoms with Crippen LogP contribution in [0.15, 0.2) is 22.7 Å². The van der Waals surface area contributed by atoms with Crippen LogP contribution in [0.25, 0.3) is 0 Å². The van der Waals surface area contributed by atoms with Gasteiger partial charge in [0.15, 0.2) is 0 Å². The molecule has 0 bridgehead atoms. The molecule has 4 nitrogen and oxygen atoms in total. The second-order valence-corrected chi connectivity index (χ2v) is 5.02. The molecule has 1 heterocycles. The topological polar surface area (TPSA) is 58.7 Å². The molecule has 0 amide bonds. The van der Waals surface area contributed by atoms with Crippen LogP contribution in [-0.4, -0.2) is 42.9 Å². The predicted octanol–water partition coefficient (Wildman–Crippen LogP) is 1.49. The summed E-state index contributed by atoms with van der Waals surface area (Å²) in [5, 5.41) is 9.93. The van der Waals surface area contributed by atoms with Crippen LogP contribution in [0, 0.1) is 0 Å². The Morgan fingerprint density at radius 1 is 1.41 bits per heavy atom. The Balaban J connectivity index is 2.24. The highest BCUT2D eigenvalue weighted by molar-refractivity contribution is 9.10. The van der Waals surface area contributed by atoms with Gasteiger partial charge >= 0.3 is 0 Å². The first-order valence-corrected chi connectivity index (χ1v) is 6.52. The normalized spacial score (nSPS) is 19.2. The van der Waals surface area contributed by atoms with Crippen LogP contribution >= 0.6 is 15.9 Å². The largest absolute Gasteiger partial charge is 0.508 e. The van der Waals surface area contributed by atoms with E-state index in [2.05, 4.69) is 20.8 Å². The van der Waals surface area contributed by atoms with E-state index in [1.54, 1.807) is 6.07 Å². The van der Waals surface area contributed by atoms with Crippen molar-refractivity contribution in [2.75, 3.05) is 32.8 Å². The van der Waals surface area contributed by atoms with Gasteiger partial charge in [0.25, 0.3) is 0 Å². The molecule has 1 aliphatic heterocycles. The van der Waals surface area contributed by atoms with Gasteiger partial charge in [0.2, 0.25) is 0 Å². The summed E-state index contributed by atoms with van der Waals surface area (Å²) in [5.74, 6) is 0.301. The minimum Gasteiger partial charge on any atom is -0.508 e. The van der Waals surface area contributed by atoms with Gasteiger partial charge in [-0.2, -0.15) is 0 Å². The van der Waals surface area contributed by atoms with Gasteiger partial charge in [-0.05, 0) is 18.2 Å².